The van der Waals surface area contributed by atoms with Crippen molar-refractivity contribution in [2.75, 3.05) is 26.2 Å². The topological polar surface area (TPSA) is 229 Å². The van der Waals surface area contributed by atoms with Gasteiger partial charge in [-0.1, -0.05) is 63.4 Å². The molecule has 4 heterocycles. The Hall–Kier alpha value is -2.83. The number of benzene rings is 1. The molecule has 8 rings (SSSR count). The summed E-state index contributed by atoms with van der Waals surface area (Å²) in [6.07, 6.45) is 23.2. The average molecular weight is 961 g/mol. The Kier molecular flexibility index (Phi) is 20.4. The predicted molar refractivity (Wildman–Crippen MR) is 243 cm³/mol. The predicted octanol–water partition coefficient (Wildman–Crippen LogP) is 7.14. The summed E-state index contributed by atoms with van der Waals surface area (Å²) in [5, 5.41) is 2.22. The highest BCUT2D eigenvalue weighted by molar-refractivity contribution is 7.84. The third kappa shape index (κ3) is 19.3. The van der Waals surface area contributed by atoms with Crippen LogP contribution in [0.5, 0.6) is 5.75 Å². The van der Waals surface area contributed by atoms with E-state index < -0.39 is 30.9 Å². The van der Waals surface area contributed by atoms with E-state index in [-0.39, 0.29) is 23.9 Å². The van der Waals surface area contributed by atoms with Gasteiger partial charge in [0.15, 0.2) is 0 Å². The molecule has 1 saturated heterocycles. The highest BCUT2D eigenvalue weighted by Crippen LogP contribution is 2.38. The lowest BCUT2D eigenvalue weighted by Gasteiger charge is -2.29. The number of hydrogen-bond donors (Lipinski definition) is 6. The molecule has 0 unspecified atom stereocenters. The Labute approximate surface area is 377 Å². The van der Waals surface area contributed by atoms with Gasteiger partial charge in [0.25, 0.3) is 0 Å². The van der Waals surface area contributed by atoms with Crippen LogP contribution >= 0.6 is 11.3 Å². The van der Waals surface area contributed by atoms with Crippen molar-refractivity contribution in [2.45, 2.75) is 147 Å². The third-order valence-electron chi connectivity index (χ3n) is 11.8. The number of aryl methyl sites for hydroxylation is 2. The normalized spacial score (nSPS) is 19.5. The number of imidazole rings is 1. The van der Waals surface area contributed by atoms with Crippen LogP contribution in [0.15, 0.2) is 53.7 Å². The number of piperidine rings is 1. The van der Waals surface area contributed by atoms with Crippen molar-refractivity contribution in [1.29, 1.82) is 0 Å². The highest BCUT2D eigenvalue weighted by Gasteiger charge is 2.26. The third-order valence-corrected chi connectivity index (χ3v) is 14.7. The Morgan fingerprint density at radius 1 is 0.683 bits per heavy atom. The van der Waals surface area contributed by atoms with E-state index in [1.807, 2.05) is 17.5 Å². The van der Waals surface area contributed by atoms with Crippen molar-refractivity contribution in [2.24, 2.45) is 0 Å². The molecular formula is C42H65FN6O10S4. The molecule has 354 valence electrons. The number of likely N-dealkylation sites (tertiary alicyclic amines) is 1. The zero-order chi connectivity index (χ0) is 45.3. The molecule has 0 bridgehead atoms. The van der Waals surface area contributed by atoms with E-state index in [0.717, 1.165) is 140 Å². The first-order valence-electron chi connectivity index (χ1n) is 22.2. The van der Waals surface area contributed by atoms with E-state index >= 15 is 0 Å². The summed E-state index contributed by atoms with van der Waals surface area (Å²) in [5.41, 5.74) is 4.40. The smallest absolute Gasteiger partial charge is 0.333 e. The minimum atomic E-state index is -3.97. The van der Waals surface area contributed by atoms with E-state index in [9.17, 15) is 29.6 Å². The van der Waals surface area contributed by atoms with Crippen molar-refractivity contribution in [3.8, 4) is 5.75 Å². The minimum absolute atomic E-state index is 0.0428. The number of hydrogen-bond acceptors (Lipinski definition) is 10. The van der Waals surface area contributed by atoms with Crippen LogP contribution in [0, 0.1) is 5.82 Å². The summed E-state index contributed by atoms with van der Waals surface area (Å²) in [6, 6.07) is 8.40. The van der Waals surface area contributed by atoms with Crippen molar-refractivity contribution in [3.63, 3.8) is 0 Å². The summed E-state index contributed by atoms with van der Waals surface area (Å²) in [4.78, 5) is 8.68. The molecule has 3 aliphatic carbocycles. The minimum Gasteiger partial charge on any atom is -0.494 e. The fraction of sp³-hybridized carbons (Fsp3) is 0.643. The largest absolute Gasteiger partial charge is 0.494 e. The summed E-state index contributed by atoms with van der Waals surface area (Å²) in [7, 11) is -11.9. The number of halogens is 1. The number of nitrogens with one attached hydrogen (secondary N) is 3. The van der Waals surface area contributed by atoms with Gasteiger partial charge in [-0.3, -0.25) is 13.7 Å². The SMILES string of the molecule is Fc1ccc(OCCCN2CCC(=C3c4sccc4CCn4ccnc43)CC2)cc1.O=S(=O)(O)NC1CCCCC1.O=S(=O)(O)NC1CCCCC1.O=S(=O)(O)NC1CCCCC1. The summed E-state index contributed by atoms with van der Waals surface area (Å²) in [5.74, 6) is 1.65. The summed E-state index contributed by atoms with van der Waals surface area (Å²) < 4.78 is 115. The molecule has 63 heavy (non-hydrogen) atoms. The van der Waals surface area contributed by atoms with Crippen molar-refractivity contribution >= 4 is 47.8 Å². The van der Waals surface area contributed by atoms with Gasteiger partial charge in [-0.05, 0) is 105 Å². The van der Waals surface area contributed by atoms with Crippen LogP contribution in [0.4, 0.5) is 4.39 Å². The van der Waals surface area contributed by atoms with Gasteiger partial charge in [0.1, 0.15) is 17.4 Å². The van der Waals surface area contributed by atoms with Gasteiger partial charge in [-0.25, -0.2) is 9.37 Å². The van der Waals surface area contributed by atoms with Gasteiger partial charge in [0.2, 0.25) is 0 Å². The number of aromatic nitrogens is 2. The van der Waals surface area contributed by atoms with Gasteiger partial charge < -0.3 is 14.2 Å². The molecule has 3 aromatic rings. The molecule has 0 amide bonds. The molecule has 0 atom stereocenters. The lowest BCUT2D eigenvalue weighted by atomic mass is 9.95. The van der Waals surface area contributed by atoms with Crippen LogP contribution in [-0.2, 0) is 43.9 Å². The van der Waals surface area contributed by atoms with Crippen LogP contribution in [0.25, 0.3) is 5.57 Å². The maximum Gasteiger partial charge on any atom is 0.333 e. The first kappa shape index (κ1) is 51.2. The Morgan fingerprint density at radius 3 is 1.65 bits per heavy atom. The first-order chi connectivity index (χ1) is 30.0. The fourth-order valence-electron chi connectivity index (χ4n) is 8.73. The Balaban J connectivity index is 0.000000186. The lowest BCUT2D eigenvalue weighted by molar-refractivity contribution is 0.223. The zero-order valence-electron chi connectivity index (χ0n) is 35.9. The number of rotatable bonds is 11. The lowest BCUT2D eigenvalue weighted by Crippen LogP contribution is -2.35. The molecule has 3 saturated carbocycles. The molecular weight excluding hydrogens is 896 g/mol. The van der Waals surface area contributed by atoms with Crippen molar-refractivity contribution in [3.05, 3.63) is 75.8 Å². The molecule has 4 fully saturated rings. The molecule has 16 nitrogen and oxygen atoms in total. The van der Waals surface area contributed by atoms with Crippen molar-refractivity contribution < 1.29 is 48.0 Å². The maximum atomic E-state index is 13.0. The monoisotopic (exact) mass is 960 g/mol. The Morgan fingerprint density at radius 2 is 1.17 bits per heavy atom. The maximum absolute atomic E-state index is 13.0. The second-order valence-electron chi connectivity index (χ2n) is 16.7. The van der Waals surface area contributed by atoms with Crippen LogP contribution in [0.3, 0.4) is 0 Å². The molecule has 2 aromatic heterocycles. The van der Waals surface area contributed by atoms with E-state index in [2.05, 4.69) is 41.3 Å². The van der Waals surface area contributed by atoms with E-state index in [1.165, 1.54) is 47.4 Å². The van der Waals surface area contributed by atoms with Gasteiger partial charge >= 0.3 is 30.9 Å². The molecule has 1 aromatic carbocycles. The molecule has 5 aliphatic rings. The highest BCUT2D eigenvalue weighted by atomic mass is 32.2. The molecule has 2 aliphatic heterocycles. The Bertz CT molecular complexity index is 2030. The molecule has 6 N–H and O–H groups in total. The van der Waals surface area contributed by atoms with Crippen LogP contribution < -0.4 is 18.9 Å². The van der Waals surface area contributed by atoms with Crippen LogP contribution in [-0.4, -0.2) is 97.7 Å². The van der Waals surface area contributed by atoms with Gasteiger partial charge in [-0.15, -0.1) is 11.3 Å². The fourth-order valence-corrected chi connectivity index (χ4v) is 11.7. The van der Waals surface area contributed by atoms with Gasteiger partial charge in [0.05, 0.1) is 6.61 Å². The molecule has 0 spiro atoms. The average Bonchev–Trinajstić information content (AvgIpc) is 3.87. The van der Waals surface area contributed by atoms with E-state index in [4.69, 9.17) is 23.4 Å². The molecule has 21 heteroatoms. The van der Waals surface area contributed by atoms with E-state index in [0.29, 0.717) is 6.61 Å². The van der Waals surface area contributed by atoms with Gasteiger partial charge in [-0.2, -0.15) is 39.4 Å². The number of nitrogens with zero attached hydrogens (tertiary/aromatic N) is 3. The number of ether oxygens (including phenoxy) is 1. The second-order valence-corrected chi connectivity index (χ2v) is 21.2. The number of thiophene rings is 1. The first-order valence-corrected chi connectivity index (χ1v) is 27.4. The van der Waals surface area contributed by atoms with E-state index in [1.54, 1.807) is 17.7 Å². The standard InChI is InChI=1S/C24H26FN3OS.3C6H13NO3S/c25-20-2-4-21(5-3-20)29-16-1-11-27-12-6-18(7-13-27)22-23-19(9-17-30-23)8-14-28-15-10-26-24(22)28;3*8-11(9,10)7-6-4-2-1-3-5-6/h2-5,9-10,15,17H,1,6-8,11-14,16H2;3*6-7H,1-5H2,(H,8,9,10). The quantitative estimate of drug-likeness (QED) is 0.0833. The van der Waals surface area contributed by atoms with Crippen LogP contribution in [0.1, 0.15) is 132 Å². The molecule has 0 radical (unpaired) electrons. The second kappa shape index (κ2) is 25.2. The van der Waals surface area contributed by atoms with Gasteiger partial charge in [0, 0.05) is 67.1 Å². The van der Waals surface area contributed by atoms with Crippen LogP contribution in [0.2, 0.25) is 0 Å². The summed E-state index contributed by atoms with van der Waals surface area (Å²) in [6.45, 7) is 4.86. The van der Waals surface area contributed by atoms with Crippen molar-refractivity contribution in [1.82, 2.24) is 28.6 Å². The number of fused-ring (bicyclic) bond motifs is 2. The summed E-state index contributed by atoms with van der Waals surface area (Å²) >= 11 is 1.86. The zero-order valence-corrected chi connectivity index (χ0v) is 39.1.